The summed E-state index contributed by atoms with van der Waals surface area (Å²) in [6.07, 6.45) is 8.05. The minimum absolute atomic E-state index is 0. The quantitative estimate of drug-likeness (QED) is 0.406. The second-order valence-corrected chi connectivity index (χ2v) is 5.65. The Morgan fingerprint density at radius 3 is 1.56 bits per heavy atom. The van der Waals surface area contributed by atoms with Gasteiger partial charge in [0, 0.05) is 0 Å². The van der Waals surface area contributed by atoms with Crippen LogP contribution in [0.3, 0.4) is 0 Å². The van der Waals surface area contributed by atoms with E-state index in [1.54, 1.807) is 0 Å². The van der Waals surface area contributed by atoms with Crippen LogP contribution in [0.15, 0.2) is 0 Å². The van der Waals surface area contributed by atoms with Crippen LogP contribution in [0, 0.1) is 0 Å². The molecule has 0 heterocycles. The van der Waals surface area contributed by atoms with E-state index in [4.69, 9.17) is 9.05 Å². The fraction of sp³-hybridized carbons (Fsp3) is 1.00. The van der Waals surface area contributed by atoms with Gasteiger partial charge in [-0.05, 0) is 12.8 Å². The first-order valence-corrected chi connectivity index (χ1v) is 8.18. The number of phosphoric acid groups is 1. The first-order valence-electron chi connectivity index (χ1n) is 6.72. The molecule has 1 radical (unpaired) electrons. The number of hydrogen-bond acceptors (Lipinski definition) is 4. The third-order valence-electron chi connectivity index (χ3n) is 2.49. The Morgan fingerprint density at radius 2 is 1.22 bits per heavy atom. The first kappa shape index (κ1) is 20.9. The van der Waals surface area contributed by atoms with Crippen molar-refractivity contribution in [3.05, 3.63) is 0 Å². The predicted octanol–water partition coefficient (Wildman–Crippen LogP) is 3.65. The van der Waals surface area contributed by atoms with Gasteiger partial charge in [0.2, 0.25) is 0 Å². The Labute approximate surface area is 122 Å². The van der Waals surface area contributed by atoms with Crippen LogP contribution in [-0.2, 0) is 30.4 Å². The van der Waals surface area contributed by atoms with Crippen molar-refractivity contribution in [2.24, 2.45) is 0 Å². The Morgan fingerprint density at radius 1 is 0.833 bits per heavy atom. The number of phosphoric ester groups is 1. The molecule has 0 aliphatic heterocycles. The first-order chi connectivity index (χ1) is 8.12. The van der Waals surface area contributed by atoms with Gasteiger partial charge in [-0.2, -0.15) is 0 Å². The molecule has 0 saturated carbocycles. The number of unbranched alkanes of at least 4 members (excludes halogenated alkanes) is 6. The second-order valence-electron chi connectivity index (χ2n) is 4.23. The van der Waals surface area contributed by atoms with Crippen LogP contribution in [0.5, 0.6) is 0 Å². The minimum Gasteiger partial charge on any atom is -0.756 e. The van der Waals surface area contributed by atoms with Gasteiger partial charge in [-0.1, -0.05) is 52.4 Å². The van der Waals surface area contributed by atoms with Crippen LogP contribution >= 0.6 is 7.82 Å². The minimum atomic E-state index is -4.04. The SMILES string of the molecule is CCCCCCOP(=O)([O-])OCCCCCC.[Co+2]. The third kappa shape index (κ3) is 14.7. The number of hydrogen-bond donors (Lipinski definition) is 0. The number of rotatable bonds is 12. The van der Waals surface area contributed by atoms with Crippen molar-refractivity contribution < 1.29 is 35.3 Å². The second kappa shape index (κ2) is 14.0. The molecule has 111 valence electrons. The van der Waals surface area contributed by atoms with Gasteiger partial charge in [0.15, 0.2) is 0 Å². The molecule has 0 aromatic rings. The smallest absolute Gasteiger partial charge is 0.756 e. The Bertz CT molecular complexity index is 196. The van der Waals surface area contributed by atoms with Gasteiger partial charge in [-0.3, -0.25) is 4.57 Å². The van der Waals surface area contributed by atoms with E-state index in [1.807, 2.05) is 0 Å². The topological polar surface area (TPSA) is 58.6 Å². The van der Waals surface area contributed by atoms with E-state index in [9.17, 15) is 9.46 Å². The molecule has 0 amide bonds. The molecule has 0 rings (SSSR count). The van der Waals surface area contributed by atoms with Crippen LogP contribution in [0.1, 0.15) is 65.2 Å². The van der Waals surface area contributed by atoms with Crippen LogP contribution in [0.25, 0.3) is 0 Å². The summed E-state index contributed by atoms with van der Waals surface area (Å²) in [5, 5.41) is 0. The zero-order chi connectivity index (χ0) is 13.0. The van der Waals surface area contributed by atoms with Gasteiger partial charge >= 0.3 is 16.8 Å². The van der Waals surface area contributed by atoms with Gasteiger partial charge in [0.1, 0.15) is 0 Å². The van der Waals surface area contributed by atoms with Crippen molar-refractivity contribution in [1.82, 2.24) is 0 Å². The van der Waals surface area contributed by atoms with Gasteiger partial charge in [0.05, 0.1) is 13.2 Å². The molecule has 0 N–H and O–H groups in total. The summed E-state index contributed by atoms with van der Waals surface area (Å²) in [6, 6.07) is 0. The molecule has 0 fully saturated rings. The van der Waals surface area contributed by atoms with Gasteiger partial charge < -0.3 is 13.9 Å². The standard InChI is InChI=1S/C12H27O4P.Co/c1-3-5-7-9-11-15-17(13,14)16-12-10-8-6-4-2;/h3-12H2,1-2H3,(H,13,14);/q;+2/p-1. The summed E-state index contributed by atoms with van der Waals surface area (Å²) in [5.74, 6) is 0. The fourth-order valence-corrected chi connectivity index (χ4v) is 2.23. The third-order valence-corrected chi connectivity index (χ3v) is 3.49. The fourth-order valence-electron chi connectivity index (χ4n) is 1.45. The molecular formula is C12H26CoO4P+. The van der Waals surface area contributed by atoms with E-state index < -0.39 is 7.82 Å². The normalized spacial score (nSPS) is 11.3. The molecule has 0 aromatic carbocycles. The zero-order valence-electron chi connectivity index (χ0n) is 11.5. The van der Waals surface area contributed by atoms with Crippen molar-refractivity contribution in [2.75, 3.05) is 13.2 Å². The molecular weight excluding hydrogens is 298 g/mol. The Hall–Kier alpha value is 0.616. The van der Waals surface area contributed by atoms with Crippen LogP contribution in [0.4, 0.5) is 0 Å². The van der Waals surface area contributed by atoms with Crippen molar-refractivity contribution in [2.45, 2.75) is 65.2 Å². The van der Waals surface area contributed by atoms with Crippen molar-refractivity contribution in [3.63, 3.8) is 0 Å². The van der Waals surface area contributed by atoms with Crippen molar-refractivity contribution in [1.29, 1.82) is 0 Å². The maximum atomic E-state index is 11.3. The summed E-state index contributed by atoms with van der Waals surface area (Å²) in [6.45, 7) is 4.71. The molecule has 18 heavy (non-hydrogen) atoms. The van der Waals surface area contributed by atoms with E-state index >= 15 is 0 Å². The summed E-state index contributed by atoms with van der Waals surface area (Å²) in [5.41, 5.74) is 0. The van der Waals surface area contributed by atoms with Gasteiger partial charge in [-0.25, -0.2) is 0 Å². The molecule has 0 aromatic heterocycles. The monoisotopic (exact) mass is 324 g/mol. The van der Waals surface area contributed by atoms with Crippen LogP contribution in [-0.4, -0.2) is 13.2 Å². The maximum absolute atomic E-state index is 11.3. The largest absolute Gasteiger partial charge is 2.00 e. The van der Waals surface area contributed by atoms with Crippen molar-refractivity contribution >= 4 is 7.82 Å². The van der Waals surface area contributed by atoms with E-state index in [0.717, 1.165) is 51.4 Å². The van der Waals surface area contributed by atoms with Crippen LogP contribution < -0.4 is 4.89 Å². The molecule has 0 bridgehead atoms. The Kier molecular flexibility index (Phi) is 16.3. The van der Waals surface area contributed by atoms with E-state index in [0.29, 0.717) is 0 Å². The average Bonchev–Trinajstić information content (AvgIpc) is 2.28. The van der Waals surface area contributed by atoms with Crippen molar-refractivity contribution in [3.8, 4) is 0 Å². The predicted molar refractivity (Wildman–Crippen MR) is 67.8 cm³/mol. The summed E-state index contributed by atoms with van der Waals surface area (Å²) in [4.78, 5) is 11.3. The van der Waals surface area contributed by atoms with E-state index in [-0.39, 0.29) is 30.0 Å². The molecule has 0 aliphatic rings. The molecule has 0 unspecified atom stereocenters. The summed E-state index contributed by atoms with van der Waals surface area (Å²) < 4.78 is 20.8. The van der Waals surface area contributed by atoms with Crippen LogP contribution in [0.2, 0.25) is 0 Å². The zero-order valence-corrected chi connectivity index (χ0v) is 13.4. The van der Waals surface area contributed by atoms with Gasteiger partial charge in [-0.15, -0.1) is 0 Å². The van der Waals surface area contributed by atoms with Gasteiger partial charge in [0.25, 0.3) is 7.82 Å². The van der Waals surface area contributed by atoms with E-state index in [2.05, 4.69) is 13.8 Å². The maximum Gasteiger partial charge on any atom is 2.00 e. The summed E-state index contributed by atoms with van der Waals surface area (Å²) in [7, 11) is -4.04. The molecule has 0 saturated heterocycles. The molecule has 6 heteroatoms. The Balaban J connectivity index is 0. The summed E-state index contributed by atoms with van der Waals surface area (Å²) >= 11 is 0. The molecule has 0 aliphatic carbocycles. The average molecular weight is 324 g/mol. The van der Waals surface area contributed by atoms with E-state index in [1.165, 1.54) is 0 Å². The molecule has 0 spiro atoms. The molecule has 0 atom stereocenters. The molecule has 4 nitrogen and oxygen atoms in total.